The van der Waals surface area contributed by atoms with Gasteiger partial charge in [0.25, 0.3) is 0 Å². The second-order valence-corrected chi connectivity index (χ2v) is 8.97. The molecule has 1 aromatic carbocycles. The molecule has 0 amide bonds. The van der Waals surface area contributed by atoms with Gasteiger partial charge >= 0.3 is 17.9 Å². The molecule has 160 valence electrons. The molecule has 0 spiro atoms. The van der Waals surface area contributed by atoms with Crippen molar-refractivity contribution in [1.82, 2.24) is 0 Å². The minimum atomic E-state index is -1.57. The van der Waals surface area contributed by atoms with Gasteiger partial charge in [-0.05, 0) is 68.2 Å². The molecule has 1 aromatic rings. The van der Waals surface area contributed by atoms with E-state index in [1.165, 1.54) is 24.3 Å². The summed E-state index contributed by atoms with van der Waals surface area (Å²) in [6, 6.07) is 5.26. The van der Waals surface area contributed by atoms with Crippen molar-refractivity contribution in [2.45, 2.75) is 57.0 Å². The van der Waals surface area contributed by atoms with Gasteiger partial charge in [-0.2, -0.15) is 0 Å². The van der Waals surface area contributed by atoms with E-state index >= 15 is 0 Å². The Kier molecular flexibility index (Phi) is 5.11. The maximum Gasteiger partial charge on any atom is 0.372 e. The highest BCUT2D eigenvalue weighted by molar-refractivity contribution is 6.32. The third-order valence-electron chi connectivity index (χ3n) is 6.59. The van der Waals surface area contributed by atoms with Crippen molar-refractivity contribution in [3.05, 3.63) is 30.1 Å². The standard InChI is InChI=1S/C22H23FO7/c23-15-1-3-16(4-2-15)29-20(28)21-8-13-7-14(9-21)11-22(10-13,12-21)30-18(25)6-5-17(24)19(26)27/h1-4,13-14H,5-12H2,(H,26,27). The van der Waals surface area contributed by atoms with Gasteiger partial charge in [-0.15, -0.1) is 0 Å². The largest absolute Gasteiger partial charge is 0.476 e. The van der Waals surface area contributed by atoms with Crippen LogP contribution in [0, 0.1) is 23.1 Å². The summed E-state index contributed by atoms with van der Waals surface area (Å²) in [6.45, 7) is 0. The van der Waals surface area contributed by atoms with Gasteiger partial charge in [-0.3, -0.25) is 14.4 Å². The van der Waals surface area contributed by atoms with E-state index in [0.29, 0.717) is 32.1 Å². The van der Waals surface area contributed by atoms with Gasteiger partial charge < -0.3 is 14.6 Å². The number of ketones is 1. The number of ether oxygens (including phenoxy) is 2. The number of aliphatic carboxylic acids is 1. The van der Waals surface area contributed by atoms with Gasteiger partial charge in [0, 0.05) is 12.8 Å². The van der Waals surface area contributed by atoms with E-state index in [1.54, 1.807) is 0 Å². The monoisotopic (exact) mass is 418 g/mol. The lowest BCUT2D eigenvalue weighted by Crippen LogP contribution is -2.60. The first-order valence-electron chi connectivity index (χ1n) is 10.1. The first-order chi connectivity index (χ1) is 14.2. The van der Waals surface area contributed by atoms with Gasteiger partial charge in [-0.25, -0.2) is 9.18 Å². The minimum Gasteiger partial charge on any atom is -0.476 e. The Morgan fingerprint density at radius 3 is 2.23 bits per heavy atom. The van der Waals surface area contributed by atoms with Gasteiger partial charge in [0.05, 0.1) is 11.8 Å². The van der Waals surface area contributed by atoms with E-state index in [-0.39, 0.29) is 30.0 Å². The number of carboxylic acids is 1. The Hall–Kier alpha value is -2.77. The molecule has 4 aliphatic rings. The Morgan fingerprint density at radius 1 is 1.00 bits per heavy atom. The first kappa shape index (κ1) is 20.5. The molecule has 0 heterocycles. The zero-order valence-corrected chi connectivity index (χ0v) is 16.4. The quantitative estimate of drug-likeness (QED) is 0.412. The second-order valence-electron chi connectivity index (χ2n) is 8.97. The van der Waals surface area contributed by atoms with E-state index in [9.17, 15) is 23.6 Å². The lowest BCUT2D eigenvalue weighted by molar-refractivity contribution is -0.209. The molecule has 5 rings (SSSR count). The Morgan fingerprint density at radius 2 is 1.63 bits per heavy atom. The van der Waals surface area contributed by atoms with Gasteiger partial charge in [0.1, 0.15) is 17.2 Å². The van der Waals surface area contributed by atoms with Crippen LogP contribution in [0.2, 0.25) is 0 Å². The zero-order valence-electron chi connectivity index (χ0n) is 16.4. The maximum atomic E-state index is 13.1. The molecule has 7 nitrogen and oxygen atoms in total. The zero-order chi connectivity index (χ0) is 21.5. The van der Waals surface area contributed by atoms with E-state index in [0.717, 1.165) is 6.42 Å². The molecule has 4 fully saturated rings. The van der Waals surface area contributed by atoms with Crippen LogP contribution in [0.4, 0.5) is 4.39 Å². The Labute approximate surface area is 172 Å². The fraction of sp³-hybridized carbons (Fsp3) is 0.545. The third kappa shape index (κ3) is 3.95. The summed E-state index contributed by atoms with van der Waals surface area (Å²) in [4.78, 5) is 47.3. The van der Waals surface area contributed by atoms with Crippen molar-refractivity contribution in [2.75, 3.05) is 0 Å². The predicted octanol–water partition coefficient (Wildman–Crippen LogP) is 3.05. The molecule has 0 radical (unpaired) electrons. The third-order valence-corrected chi connectivity index (χ3v) is 6.59. The molecule has 0 saturated heterocycles. The second kappa shape index (κ2) is 7.49. The van der Waals surface area contributed by atoms with E-state index in [1.807, 2.05) is 0 Å². The van der Waals surface area contributed by atoms with Gasteiger partial charge in [-0.1, -0.05) is 0 Å². The van der Waals surface area contributed by atoms with Gasteiger partial charge in [0.2, 0.25) is 5.78 Å². The molecular weight excluding hydrogens is 395 g/mol. The number of carboxylic acid groups (broad SMARTS) is 1. The summed E-state index contributed by atoms with van der Waals surface area (Å²) in [5, 5.41) is 8.65. The fourth-order valence-electron chi connectivity index (χ4n) is 5.87. The average molecular weight is 418 g/mol. The maximum absolute atomic E-state index is 13.1. The summed E-state index contributed by atoms with van der Waals surface area (Å²) in [6.07, 6.45) is 3.28. The van der Waals surface area contributed by atoms with Crippen molar-refractivity contribution < 1.29 is 38.1 Å². The van der Waals surface area contributed by atoms with Crippen molar-refractivity contribution in [3.8, 4) is 5.75 Å². The van der Waals surface area contributed by atoms with Crippen LogP contribution in [0.3, 0.4) is 0 Å². The molecular formula is C22H23FO7. The molecule has 1 N–H and O–H groups in total. The summed E-state index contributed by atoms with van der Waals surface area (Å²) >= 11 is 0. The summed E-state index contributed by atoms with van der Waals surface area (Å²) < 4.78 is 24.5. The predicted molar refractivity (Wildman–Crippen MR) is 99.8 cm³/mol. The topological polar surface area (TPSA) is 107 Å². The molecule has 30 heavy (non-hydrogen) atoms. The summed E-state index contributed by atoms with van der Waals surface area (Å²) in [5.41, 5.74) is -1.54. The lowest BCUT2D eigenvalue weighted by atomic mass is 9.48. The van der Waals surface area contributed by atoms with Crippen molar-refractivity contribution in [3.63, 3.8) is 0 Å². The van der Waals surface area contributed by atoms with Crippen molar-refractivity contribution >= 4 is 23.7 Å². The number of carbonyl (C=O) groups excluding carboxylic acids is 3. The molecule has 4 bridgehead atoms. The van der Waals surface area contributed by atoms with Crippen LogP contribution in [0.5, 0.6) is 5.75 Å². The van der Waals surface area contributed by atoms with Crippen LogP contribution in [0.25, 0.3) is 0 Å². The normalized spacial score (nSPS) is 31.2. The molecule has 4 saturated carbocycles. The van der Waals surface area contributed by atoms with Crippen molar-refractivity contribution in [1.29, 1.82) is 0 Å². The Balaban J connectivity index is 1.46. The molecule has 2 atom stereocenters. The molecule has 8 heteroatoms. The van der Waals surface area contributed by atoms with Crippen LogP contribution in [0.1, 0.15) is 51.4 Å². The number of benzene rings is 1. The smallest absolute Gasteiger partial charge is 0.372 e. The summed E-state index contributed by atoms with van der Waals surface area (Å²) in [5.74, 6) is -3.27. The van der Waals surface area contributed by atoms with Gasteiger partial charge in [0.15, 0.2) is 0 Å². The van der Waals surface area contributed by atoms with Crippen LogP contribution >= 0.6 is 0 Å². The van der Waals surface area contributed by atoms with E-state index < -0.39 is 41.0 Å². The minimum absolute atomic E-state index is 0.237. The molecule has 0 aliphatic heterocycles. The SMILES string of the molecule is O=C(CCC(=O)C(=O)O)OC12CC3CC(C1)CC(C(=O)Oc1ccc(F)cc1)(C3)C2. The molecule has 4 aliphatic carbocycles. The number of rotatable bonds is 7. The number of halogens is 1. The number of esters is 2. The number of hydrogen-bond acceptors (Lipinski definition) is 6. The fourth-order valence-corrected chi connectivity index (χ4v) is 5.87. The highest BCUT2D eigenvalue weighted by Gasteiger charge is 2.63. The number of hydrogen-bond donors (Lipinski definition) is 1. The Bertz CT molecular complexity index is 877. The van der Waals surface area contributed by atoms with E-state index in [2.05, 4.69) is 0 Å². The van der Waals surface area contributed by atoms with Crippen molar-refractivity contribution in [2.24, 2.45) is 17.3 Å². The number of carbonyl (C=O) groups is 4. The first-order valence-corrected chi connectivity index (χ1v) is 10.1. The molecule has 0 aromatic heterocycles. The highest BCUT2D eigenvalue weighted by Crippen LogP contribution is 2.63. The number of Topliss-reactive ketones (excluding diaryl/α,β-unsaturated/α-hetero) is 1. The van der Waals surface area contributed by atoms with E-state index in [4.69, 9.17) is 14.6 Å². The van der Waals surface area contributed by atoms with Crippen LogP contribution in [-0.2, 0) is 23.9 Å². The lowest BCUT2D eigenvalue weighted by Gasteiger charge is -2.59. The average Bonchev–Trinajstić information content (AvgIpc) is 2.66. The highest BCUT2D eigenvalue weighted by atomic mass is 19.1. The van der Waals surface area contributed by atoms with Crippen LogP contribution in [0.15, 0.2) is 24.3 Å². The summed E-state index contributed by atoms with van der Waals surface area (Å²) in [7, 11) is 0. The van der Waals surface area contributed by atoms with Crippen LogP contribution < -0.4 is 4.74 Å². The molecule has 2 unspecified atom stereocenters. The van der Waals surface area contributed by atoms with Crippen LogP contribution in [-0.4, -0.2) is 34.4 Å².